The number of benzene rings is 7. The number of aromatic nitrogens is 2. The van der Waals surface area contributed by atoms with Gasteiger partial charge in [-0.3, -0.25) is 0 Å². The van der Waals surface area contributed by atoms with Crippen molar-refractivity contribution in [1.82, 2.24) is 9.05 Å². The van der Waals surface area contributed by atoms with Crippen LogP contribution in [0.15, 0.2) is 132 Å². The van der Waals surface area contributed by atoms with Crippen LogP contribution in [0.3, 0.4) is 0 Å². The Kier molecular flexibility index (Phi) is 8.94. The van der Waals surface area contributed by atoms with E-state index in [1.165, 1.54) is 99.1 Å². The van der Waals surface area contributed by atoms with Gasteiger partial charge in [-0.1, -0.05) is 183 Å². The number of anilines is 3. The molecule has 12 rings (SSSR count). The first-order valence-electron chi connectivity index (χ1n) is 25.2. The molecule has 0 saturated carbocycles. The standard InChI is InChI=1S/C64H66BN3O/c1-60(2,3)37-24-27-42(28-25-37)67-52-36-40(63(10,11)12)33-48-44-23-19-22-43-45-29-30-46-47-32-38(61(4,5)6)26-31-51(47)66(41-20-17-16-18-21-41)55(46)56(45)68(54(43)44)65(53(48)52)59-57(67)49-34-39(62(7,8)9)35-50(58(49)69-59)64(13,14)15/h16-36H,1-15H3. The Morgan fingerprint density at radius 1 is 0.420 bits per heavy atom. The number of furan rings is 1. The molecule has 10 aromatic rings. The lowest BCUT2D eigenvalue weighted by atomic mass is 9.47. The zero-order valence-corrected chi connectivity index (χ0v) is 43.5. The molecule has 0 fully saturated rings. The van der Waals surface area contributed by atoms with Crippen LogP contribution >= 0.6 is 0 Å². The van der Waals surface area contributed by atoms with E-state index < -0.39 is 0 Å². The van der Waals surface area contributed by atoms with Crippen LogP contribution < -0.4 is 16.0 Å². The quantitative estimate of drug-likeness (QED) is 0.162. The molecule has 5 heterocycles. The summed E-state index contributed by atoms with van der Waals surface area (Å²) in [4.78, 5) is 2.58. The molecule has 4 nitrogen and oxygen atoms in total. The molecule has 69 heavy (non-hydrogen) atoms. The minimum Gasteiger partial charge on any atom is -0.466 e. The van der Waals surface area contributed by atoms with Crippen LogP contribution in [0.1, 0.15) is 132 Å². The van der Waals surface area contributed by atoms with Crippen molar-refractivity contribution in [3.63, 3.8) is 0 Å². The first-order chi connectivity index (χ1) is 32.4. The molecule has 2 aliphatic heterocycles. The minimum atomic E-state index is -0.268. The van der Waals surface area contributed by atoms with Gasteiger partial charge < -0.3 is 18.4 Å². The molecule has 2 aliphatic rings. The van der Waals surface area contributed by atoms with E-state index in [-0.39, 0.29) is 33.9 Å². The van der Waals surface area contributed by atoms with Gasteiger partial charge in [-0.25, -0.2) is 0 Å². The Bertz CT molecular complexity index is 3790. The van der Waals surface area contributed by atoms with Crippen molar-refractivity contribution in [2.24, 2.45) is 0 Å². The Morgan fingerprint density at radius 2 is 1.01 bits per heavy atom. The summed E-state index contributed by atoms with van der Waals surface area (Å²) < 4.78 is 13.1. The third-order valence-corrected chi connectivity index (χ3v) is 15.6. The summed E-state index contributed by atoms with van der Waals surface area (Å²) in [5.74, 6) is 0. The summed E-state index contributed by atoms with van der Waals surface area (Å²) in [5.41, 5.74) is 21.5. The van der Waals surface area contributed by atoms with E-state index in [9.17, 15) is 0 Å². The maximum Gasteiger partial charge on any atom is 0.376 e. The van der Waals surface area contributed by atoms with Crippen LogP contribution in [0.25, 0.3) is 71.4 Å². The molecule has 0 spiro atoms. The van der Waals surface area contributed by atoms with Gasteiger partial charge in [0.15, 0.2) is 0 Å². The van der Waals surface area contributed by atoms with Crippen LogP contribution in [0, 0.1) is 0 Å². The van der Waals surface area contributed by atoms with E-state index in [4.69, 9.17) is 4.42 Å². The SMILES string of the molecule is CC(C)(C)c1ccc(N2c3cc(C(C)(C)C)cc4c3B(c3oc5c(C(C)(C)C)cc(C(C)(C)C)cc5c32)n2c3c-4cccc3c3ccc4c5cc(C(C)(C)C)ccc5n(-c5ccccc5)c4c32)cc1. The Labute approximate surface area is 409 Å². The van der Waals surface area contributed by atoms with Crippen molar-refractivity contribution in [2.45, 2.75) is 131 Å². The highest BCUT2D eigenvalue weighted by Crippen LogP contribution is 2.52. The van der Waals surface area contributed by atoms with E-state index >= 15 is 0 Å². The summed E-state index contributed by atoms with van der Waals surface area (Å²) in [7, 11) is 0. The molecular weight excluding hydrogens is 838 g/mol. The largest absolute Gasteiger partial charge is 0.466 e. The van der Waals surface area contributed by atoms with Crippen molar-refractivity contribution >= 4 is 89.6 Å². The average molecular weight is 904 g/mol. The van der Waals surface area contributed by atoms with Gasteiger partial charge in [0.25, 0.3) is 0 Å². The molecule has 0 unspecified atom stereocenters. The molecule has 3 aromatic heterocycles. The lowest BCUT2D eigenvalue weighted by molar-refractivity contribution is 0.557. The minimum absolute atomic E-state index is 0.00634. The molecule has 0 saturated heterocycles. The molecule has 0 amide bonds. The Morgan fingerprint density at radius 3 is 1.65 bits per heavy atom. The second-order valence-electron chi connectivity index (χ2n) is 25.5. The second kappa shape index (κ2) is 14.1. The van der Waals surface area contributed by atoms with Crippen molar-refractivity contribution in [1.29, 1.82) is 0 Å². The summed E-state index contributed by atoms with van der Waals surface area (Å²) in [5, 5.41) is 6.22. The highest BCUT2D eigenvalue weighted by atomic mass is 16.3. The van der Waals surface area contributed by atoms with Gasteiger partial charge in [-0.05, 0) is 109 Å². The molecular formula is C64H66BN3O. The third-order valence-electron chi connectivity index (χ3n) is 15.6. The average Bonchev–Trinajstić information content (AvgIpc) is 3.94. The zero-order chi connectivity index (χ0) is 48.6. The van der Waals surface area contributed by atoms with Gasteiger partial charge >= 0.3 is 6.85 Å². The van der Waals surface area contributed by atoms with Crippen LogP contribution in [0.2, 0.25) is 0 Å². The first kappa shape index (κ1) is 43.8. The zero-order valence-electron chi connectivity index (χ0n) is 43.5. The van der Waals surface area contributed by atoms with E-state index in [0.29, 0.717) is 0 Å². The number of fused-ring (bicyclic) bond motifs is 13. The normalized spacial score (nSPS) is 14.2. The van der Waals surface area contributed by atoms with Crippen molar-refractivity contribution in [2.75, 3.05) is 4.90 Å². The fraction of sp³-hybridized carbons (Fsp3) is 0.312. The van der Waals surface area contributed by atoms with E-state index in [1.54, 1.807) is 0 Å². The molecule has 0 aliphatic carbocycles. The number of hydrogen-bond acceptors (Lipinski definition) is 2. The van der Waals surface area contributed by atoms with Gasteiger partial charge in [0, 0.05) is 60.6 Å². The topological polar surface area (TPSA) is 26.2 Å². The maximum atomic E-state index is 7.83. The van der Waals surface area contributed by atoms with Crippen LogP contribution in [0.5, 0.6) is 0 Å². The molecule has 0 atom stereocenters. The van der Waals surface area contributed by atoms with E-state index in [1.807, 2.05) is 0 Å². The summed E-state index contributed by atoms with van der Waals surface area (Å²) in [6.45, 7) is 34.7. The lowest BCUT2D eigenvalue weighted by Crippen LogP contribution is -2.56. The fourth-order valence-electron chi connectivity index (χ4n) is 11.7. The van der Waals surface area contributed by atoms with Gasteiger partial charge in [0.1, 0.15) is 11.2 Å². The Balaban J connectivity index is 1.31. The van der Waals surface area contributed by atoms with E-state index in [0.717, 1.165) is 28.3 Å². The maximum absolute atomic E-state index is 7.83. The number of hydrogen-bond donors (Lipinski definition) is 0. The highest BCUT2D eigenvalue weighted by molar-refractivity contribution is 6.89. The molecule has 5 heteroatoms. The predicted molar refractivity (Wildman–Crippen MR) is 298 cm³/mol. The van der Waals surface area contributed by atoms with E-state index in [2.05, 4.69) is 245 Å². The van der Waals surface area contributed by atoms with Crippen LogP contribution in [-0.2, 0) is 27.1 Å². The summed E-state index contributed by atoms with van der Waals surface area (Å²) >= 11 is 0. The van der Waals surface area contributed by atoms with Crippen LogP contribution in [-0.4, -0.2) is 15.9 Å². The van der Waals surface area contributed by atoms with Crippen LogP contribution in [0.4, 0.5) is 17.1 Å². The second-order valence-corrected chi connectivity index (χ2v) is 25.5. The molecule has 0 bridgehead atoms. The Hall–Kier alpha value is -6.46. The molecule has 346 valence electrons. The molecule has 7 aromatic carbocycles. The smallest absolute Gasteiger partial charge is 0.376 e. The monoisotopic (exact) mass is 904 g/mol. The molecule has 0 N–H and O–H groups in total. The highest BCUT2D eigenvalue weighted by Gasteiger charge is 2.48. The number of rotatable bonds is 2. The summed E-state index contributed by atoms with van der Waals surface area (Å²) in [6.07, 6.45) is 0. The van der Waals surface area contributed by atoms with Gasteiger partial charge in [-0.2, -0.15) is 0 Å². The van der Waals surface area contributed by atoms with Crippen molar-refractivity contribution in [3.8, 4) is 16.8 Å². The van der Waals surface area contributed by atoms with Crippen molar-refractivity contribution in [3.05, 3.63) is 155 Å². The van der Waals surface area contributed by atoms with Gasteiger partial charge in [0.05, 0.1) is 22.2 Å². The predicted octanol–water partition coefficient (Wildman–Crippen LogP) is 16.5. The van der Waals surface area contributed by atoms with Gasteiger partial charge in [-0.15, -0.1) is 0 Å². The van der Waals surface area contributed by atoms with Crippen molar-refractivity contribution < 1.29 is 4.42 Å². The third kappa shape index (κ3) is 6.34. The number of nitrogens with zero attached hydrogens (tertiary/aromatic N) is 3. The van der Waals surface area contributed by atoms with Gasteiger partial charge in [0.2, 0.25) is 0 Å². The summed E-state index contributed by atoms with van der Waals surface area (Å²) in [6, 6.07) is 49.3. The fourth-order valence-corrected chi connectivity index (χ4v) is 11.7. The lowest BCUT2D eigenvalue weighted by Gasteiger charge is -2.39. The number of para-hydroxylation sites is 2. The molecule has 0 radical (unpaired) electrons. The first-order valence-corrected chi connectivity index (χ1v) is 25.2.